The minimum atomic E-state index is -0.908. The predicted octanol–water partition coefficient (Wildman–Crippen LogP) is 3.87. The summed E-state index contributed by atoms with van der Waals surface area (Å²) in [5.41, 5.74) is 6.16. The first kappa shape index (κ1) is 29.2. The predicted molar refractivity (Wildman–Crippen MR) is 151 cm³/mol. The number of hydrogen-bond donors (Lipinski definition) is 3. The summed E-state index contributed by atoms with van der Waals surface area (Å²) >= 11 is 3.44. The maximum atomic E-state index is 12.5. The quantitative estimate of drug-likeness (QED) is 0.185. The number of carbonyl (C=O) groups excluding carboxylic acids is 3. The third kappa shape index (κ3) is 8.57. The van der Waals surface area contributed by atoms with Gasteiger partial charge < -0.3 is 24.8 Å². The van der Waals surface area contributed by atoms with Crippen LogP contribution in [0.25, 0.3) is 0 Å². The highest BCUT2D eigenvalue weighted by Gasteiger charge is 2.13. The van der Waals surface area contributed by atoms with Crippen LogP contribution in [0.5, 0.6) is 17.2 Å². The fourth-order valence-electron chi connectivity index (χ4n) is 3.53. The van der Waals surface area contributed by atoms with Crippen LogP contribution in [0.2, 0.25) is 0 Å². The number of nitrogens with one attached hydrogen (secondary N) is 3. The molecule has 0 atom stereocenters. The Bertz CT molecular complexity index is 1350. The van der Waals surface area contributed by atoms with Gasteiger partial charge in [0.05, 0.1) is 20.4 Å². The standard InChI is InChI=1S/C28H29BrN4O6/c1-17-11-21(29)12-18(2)26(17)32-25(34)16-39-23-10-7-20(13-24(23)38-4)15-31-33-28(36)27(35)30-14-19-5-8-22(37-3)9-6-19/h5-13,15H,14,16H2,1-4H3,(H,30,35)(H,32,34)(H,33,36)/b31-15-. The zero-order chi connectivity index (χ0) is 28.4. The molecule has 0 aliphatic heterocycles. The van der Waals surface area contributed by atoms with E-state index in [-0.39, 0.29) is 19.1 Å². The summed E-state index contributed by atoms with van der Waals surface area (Å²) in [6.45, 7) is 3.78. The molecule has 0 unspecified atom stereocenters. The summed E-state index contributed by atoms with van der Waals surface area (Å²) in [7, 11) is 3.03. The molecule has 3 aromatic carbocycles. The van der Waals surface area contributed by atoms with Crippen LogP contribution in [-0.2, 0) is 20.9 Å². The molecule has 3 rings (SSSR count). The third-order valence-electron chi connectivity index (χ3n) is 5.51. The van der Waals surface area contributed by atoms with E-state index in [4.69, 9.17) is 14.2 Å². The first-order valence-corrected chi connectivity index (χ1v) is 12.6. The summed E-state index contributed by atoms with van der Waals surface area (Å²) in [5, 5.41) is 9.21. The van der Waals surface area contributed by atoms with Crippen molar-refractivity contribution in [1.82, 2.24) is 10.7 Å². The second-order valence-corrected chi connectivity index (χ2v) is 9.31. The van der Waals surface area contributed by atoms with Gasteiger partial charge >= 0.3 is 11.8 Å². The lowest BCUT2D eigenvalue weighted by Gasteiger charge is -2.14. The Morgan fingerprint density at radius 1 is 0.897 bits per heavy atom. The summed E-state index contributed by atoms with van der Waals surface area (Å²) in [4.78, 5) is 36.5. The molecule has 0 heterocycles. The number of benzene rings is 3. The minimum Gasteiger partial charge on any atom is -0.497 e. The van der Waals surface area contributed by atoms with Gasteiger partial charge in [-0.3, -0.25) is 14.4 Å². The number of hydrazone groups is 1. The van der Waals surface area contributed by atoms with Crippen molar-refractivity contribution in [2.75, 3.05) is 26.1 Å². The summed E-state index contributed by atoms with van der Waals surface area (Å²) in [6.07, 6.45) is 1.35. The number of hydrogen-bond acceptors (Lipinski definition) is 7. The highest BCUT2D eigenvalue weighted by atomic mass is 79.9. The van der Waals surface area contributed by atoms with E-state index in [1.807, 2.05) is 26.0 Å². The molecule has 204 valence electrons. The molecule has 3 aromatic rings. The molecule has 0 saturated carbocycles. The molecule has 3 amide bonds. The van der Waals surface area contributed by atoms with Crippen LogP contribution in [0.4, 0.5) is 5.69 Å². The van der Waals surface area contributed by atoms with Crippen molar-refractivity contribution >= 4 is 45.6 Å². The van der Waals surface area contributed by atoms with Gasteiger partial charge in [-0.25, -0.2) is 5.43 Å². The maximum absolute atomic E-state index is 12.5. The average molecular weight is 597 g/mol. The molecule has 3 N–H and O–H groups in total. The maximum Gasteiger partial charge on any atom is 0.329 e. The van der Waals surface area contributed by atoms with Crippen LogP contribution in [-0.4, -0.2) is 44.8 Å². The van der Waals surface area contributed by atoms with E-state index in [1.165, 1.54) is 13.3 Å². The molecular weight excluding hydrogens is 568 g/mol. The van der Waals surface area contributed by atoms with E-state index < -0.39 is 11.8 Å². The number of rotatable bonds is 10. The van der Waals surface area contributed by atoms with Gasteiger partial charge in [-0.2, -0.15) is 5.10 Å². The van der Waals surface area contributed by atoms with Gasteiger partial charge in [0.15, 0.2) is 18.1 Å². The number of amides is 3. The Balaban J connectivity index is 1.50. The van der Waals surface area contributed by atoms with Crippen LogP contribution < -0.4 is 30.3 Å². The van der Waals surface area contributed by atoms with Gasteiger partial charge in [-0.15, -0.1) is 0 Å². The van der Waals surface area contributed by atoms with E-state index in [0.717, 1.165) is 26.9 Å². The topological polar surface area (TPSA) is 127 Å². The van der Waals surface area contributed by atoms with Crippen molar-refractivity contribution in [1.29, 1.82) is 0 Å². The Hall–Kier alpha value is -4.38. The van der Waals surface area contributed by atoms with Crippen LogP contribution in [0.3, 0.4) is 0 Å². The fourth-order valence-corrected chi connectivity index (χ4v) is 4.22. The van der Waals surface area contributed by atoms with Crippen LogP contribution in [0.1, 0.15) is 22.3 Å². The molecule has 10 nitrogen and oxygen atoms in total. The number of carbonyl (C=O) groups is 3. The average Bonchev–Trinajstić information content (AvgIpc) is 2.92. The zero-order valence-corrected chi connectivity index (χ0v) is 23.5. The summed E-state index contributed by atoms with van der Waals surface area (Å²) in [6, 6.07) is 15.8. The fraction of sp³-hybridized carbons (Fsp3) is 0.214. The molecule has 0 saturated heterocycles. The van der Waals surface area contributed by atoms with Crippen molar-refractivity contribution < 1.29 is 28.6 Å². The van der Waals surface area contributed by atoms with Gasteiger partial charge in [0.25, 0.3) is 5.91 Å². The lowest BCUT2D eigenvalue weighted by Crippen LogP contribution is -2.37. The van der Waals surface area contributed by atoms with Gasteiger partial charge in [0.1, 0.15) is 5.75 Å². The Morgan fingerprint density at radius 3 is 2.23 bits per heavy atom. The largest absolute Gasteiger partial charge is 0.497 e. The van der Waals surface area contributed by atoms with E-state index in [0.29, 0.717) is 22.8 Å². The number of aryl methyl sites for hydroxylation is 2. The minimum absolute atomic E-state index is 0.180. The van der Waals surface area contributed by atoms with Crippen molar-refractivity contribution in [2.24, 2.45) is 5.10 Å². The number of methoxy groups -OCH3 is 2. The lowest BCUT2D eigenvalue weighted by atomic mass is 10.1. The molecule has 0 aromatic heterocycles. The van der Waals surface area contributed by atoms with Crippen LogP contribution in [0, 0.1) is 13.8 Å². The number of anilines is 1. The third-order valence-corrected chi connectivity index (χ3v) is 5.96. The zero-order valence-electron chi connectivity index (χ0n) is 22.0. The number of halogens is 1. The molecule has 0 fully saturated rings. The van der Waals surface area contributed by atoms with Crippen molar-refractivity contribution in [3.63, 3.8) is 0 Å². The van der Waals surface area contributed by atoms with Gasteiger partial charge in [0, 0.05) is 16.7 Å². The Kier molecular flexibility index (Phi) is 10.4. The summed E-state index contributed by atoms with van der Waals surface area (Å²) < 4.78 is 17.0. The van der Waals surface area contributed by atoms with Gasteiger partial charge in [-0.1, -0.05) is 28.1 Å². The molecule has 11 heteroatoms. The first-order valence-electron chi connectivity index (χ1n) is 11.8. The lowest BCUT2D eigenvalue weighted by molar-refractivity contribution is -0.139. The molecule has 0 aliphatic carbocycles. The van der Waals surface area contributed by atoms with Crippen LogP contribution >= 0.6 is 15.9 Å². The van der Waals surface area contributed by atoms with Crippen molar-refractivity contribution in [3.8, 4) is 17.2 Å². The van der Waals surface area contributed by atoms with Gasteiger partial charge in [0.2, 0.25) is 0 Å². The second-order valence-electron chi connectivity index (χ2n) is 8.39. The van der Waals surface area contributed by atoms with Crippen molar-refractivity contribution in [3.05, 3.63) is 81.3 Å². The molecule has 0 spiro atoms. The van der Waals surface area contributed by atoms with Crippen LogP contribution in [0.15, 0.2) is 64.2 Å². The van der Waals surface area contributed by atoms with E-state index in [1.54, 1.807) is 49.6 Å². The highest BCUT2D eigenvalue weighted by Crippen LogP contribution is 2.28. The number of ether oxygens (including phenoxy) is 3. The van der Waals surface area contributed by atoms with E-state index in [9.17, 15) is 14.4 Å². The number of nitrogens with zero attached hydrogens (tertiary/aromatic N) is 1. The van der Waals surface area contributed by atoms with E-state index in [2.05, 4.69) is 37.1 Å². The molecule has 0 bridgehead atoms. The summed E-state index contributed by atoms with van der Waals surface area (Å²) in [5.74, 6) is -0.628. The SMILES string of the molecule is COc1ccc(CNC(=O)C(=O)N/N=C\c2ccc(OCC(=O)Nc3c(C)cc(Br)cc3C)c(OC)c2)cc1. The molecule has 0 aliphatic rings. The van der Waals surface area contributed by atoms with Crippen molar-refractivity contribution in [2.45, 2.75) is 20.4 Å². The second kappa shape index (κ2) is 14.0. The molecule has 0 radical (unpaired) electrons. The molecular formula is C28H29BrN4O6. The smallest absolute Gasteiger partial charge is 0.329 e. The van der Waals surface area contributed by atoms with Gasteiger partial charge in [-0.05, 0) is 78.6 Å². The first-order chi connectivity index (χ1) is 18.7. The Labute approximate surface area is 234 Å². The normalized spacial score (nSPS) is 10.6. The van der Waals surface area contributed by atoms with E-state index >= 15 is 0 Å². The monoisotopic (exact) mass is 596 g/mol. The molecule has 39 heavy (non-hydrogen) atoms. The highest BCUT2D eigenvalue weighted by molar-refractivity contribution is 9.10. The Morgan fingerprint density at radius 2 is 1.59 bits per heavy atom.